The lowest BCUT2D eigenvalue weighted by Gasteiger charge is -2.19. The van der Waals surface area contributed by atoms with Crippen LogP contribution in [0.3, 0.4) is 0 Å². The summed E-state index contributed by atoms with van der Waals surface area (Å²) in [7, 11) is 0. The molecule has 0 heterocycles. The van der Waals surface area contributed by atoms with Crippen LogP contribution in [-0.2, 0) is 0 Å². The van der Waals surface area contributed by atoms with Crippen LogP contribution in [0.2, 0.25) is 0 Å². The van der Waals surface area contributed by atoms with Gasteiger partial charge in [0.2, 0.25) is 0 Å². The zero-order valence-corrected chi connectivity index (χ0v) is 7.92. The molecule has 2 N–H and O–H groups in total. The molecule has 0 aromatic carbocycles. The average Bonchev–Trinajstić information content (AvgIpc) is 2.83. The van der Waals surface area contributed by atoms with E-state index in [0.29, 0.717) is 6.04 Å². The largest absolute Gasteiger partial charge is 0.324 e. The number of rotatable bonds is 2. The van der Waals surface area contributed by atoms with Gasteiger partial charge in [0.1, 0.15) is 0 Å². The Kier molecular flexibility index (Phi) is 2.22. The van der Waals surface area contributed by atoms with Gasteiger partial charge in [-0.15, -0.1) is 0 Å². The second-order valence-electron chi connectivity index (χ2n) is 4.43. The third-order valence-corrected chi connectivity index (χ3v) is 3.39. The molecule has 0 aromatic heterocycles. The van der Waals surface area contributed by atoms with Gasteiger partial charge >= 0.3 is 0 Å². The van der Waals surface area contributed by atoms with Gasteiger partial charge in [-0.25, -0.2) is 0 Å². The fourth-order valence-corrected chi connectivity index (χ4v) is 2.29. The molecule has 0 amide bonds. The minimum Gasteiger partial charge on any atom is -0.324 e. The fourth-order valence-electron chi connectivity index (χ4n) is 2.29. The molecule has 0 spiro atoms. The molecule has 2 aliphatic carbocycles. The van der Waals surface area contributed by atoms with E-state index in [1.165, 1.54) is 32.1 Å². The molecule has 1 heteroatoms. The van der Waals surface area contributed by atoms with Crippen molar-refractivity contribution in [1.82, 2.24) is 0 Å². The summed E-state index contributed by atoms with van der Waals surface area (Å²) in [5, 5.41) is 0. The van der Waals surface area contributed by atoms with Gasteiger partial charge in [0, 0.05) is 6.04 Å². The number of hydrogen-bond acceptors (Lipinski definition) is 1. The average molecular weight is 165 g/mol. The van der Waals surface area contributed by atoms with E-state index in [1.807, 2.05) is 0 Å². The van der Waals surface area contributed by atoms with Gasteiger partial charge in [-0.3, -0.25) is 0 Å². The molecule has 2 aliphatic rings. The van der Waals surface area contributed by atoms with Crippen LogP contribution in [-0.4, -0.2) is 6.04 Å². The van der Waals surface area contributed by atoms with Gasteiger partial charge in [-0.1, -0.05) is 18.6 Å². The van der Waals surface area contributed by atoms with E-state index >= 15 is 0 Å². The summed E-state index contributed by atoms with van der Waals surface area (Å²) in [4.78, 5) is 0. The summed E-state index contributed by atoms with van der Waals surface area (Å²) in [6.07, 6.45) is 9.02. The first-order valence-corrected chi connectivity index (χ1v) is 5.23. The van der Waals surface area contributed by atoms with E-state index in [1.54, 1.807) is 5.57 Å². The molecule has 1 nitrogen and oxygen atoms in total. The maximum Gasteiger partial charge on any atom is 0.0284 e. The summed E-state index contributed by atoms with van der Waals surface area (Å²) in [5.41, 5.74) is 7.73. The summed E-state index contributed by atoms with van der Waals surface area (Å²) >= 11 is 0. The third-order valence-electron chi connectivity index (χ3n) is 3.39. The molecule has 12 heavy (non-hydrogen) atoms. The number of nitrogens with two attached hydrogens (primary N) is 1. The van der Waals surface area contributed by atoms with Crippen molar-refractivity contribution in [2.75, 3.05) is 0 Å². The van der Waals surface area contributed by atoms with Crippen molar-refractivity contribution in [1.29, 1.82) is 0 Å². The van der Waals surface area contributed by atoms with Crippen LogP contribution in [0.5, 0.6) is 0 Å². The summed E-state index contributed by atoms with van der Waals surface area (Å²) in [6.45, 7) is 2.31. The van der Waals surface area contributed by atoms with Crippen molar-refractivity contribution >= 4 is 0 Å². The highest BCUT2D eigenvalue weighted by Crippen LogP contribution is 2.43. The fraction of sp³-hybridized carbons (Fsp3) is 0.818. The molecule has 2 rings (SSSR count). The Labute approximate surface area is 75.0 Å². The predicted octanol–water partition coefficient (Wildman–Crippen LogP) is 2.47. The van der Waals surface area contributed by atoms with Gasteiger partial charge < -0.3 is 5.73 Å². The molecule has 0 radical (unpaired) electrons. The molecule has 0 bridgehead atoms. The second-order valence-corrected chi connectivity index (χ2v) is 4.43. The molecule has 68 valence electrons. The lowest BCUT2D eigenvalue weighted by molar-refractivity contribution is 0.571. The number of allylic oxidation sites excluding steroid dienone is 1. The zero-order chi connectivity index (χ0) is 8.55. The van der Waals surface area contributed by atoms with Crippen molar-refractivity contribution in [3.8, 4) is 0 Å². The van der Waals surface area contributed by atoms with Crippen molar-refractivity contribution < 1.29 is 0 Å². The molecule has 1 saturated carbocycles. The van der Waals surface area contributed by atoms with Gasteiger partial charge in [0.15, 0.2) is 0 Å². The third kappa shape index (κ3) is 1.56. The van der Waals surface area contributed by atoms with Crippen LogP contribution >= 0.6 is 0 Å². The van der Waals surface area contributed by atoms with E-state index < -0.39 is 0 Å². The molecule has 1 fully saturated rings. The molecule has 3 unspecified atom stereocenters. The molecule has 0 saturated heterocycles. The van der Waals surface area contributed by atoms with Gasteiger partial charge in [0.25, 0.3) is 0 Å². The summed E-state index contributed by atoms with van der Waals surface area (Å²) in [5.74, 6) is 1.71. The summed E-state index contributed by atoms with van der Waals surface area (Å²) < 4.78 is 0. The molecule has 0 aliphatic heterocycles. The Morgan fingerprint density at radius 1 is 1.50 bits per heavy atom. The van der Waals surface area contributed by atoms with Crippen LogP contribution < -0.4 is 5.73 Å². The lowest BCUT2D eigenvalue weighted by Crippen LogP contribution is -2.26. The minimum atomic E-state index is 0.403. The van der Waals surface area contributed by atoms with Crippen molar-refractivity contribution in [3.63, 3.8) is 0 Å². The van der Waals surface area contributed by atoms with Crippen LogP contribution in [0.4, 0.5) is 0 Å². The lowest BCUT2D eigenvalue weighted by atomic mass is 9.91. The standard InChI is InChI=1S/C11H19N/c1-8-7-10(8)11(12)9-5-3-2-4-6-9/h5,8,10-11H,2-4,6-7,12H2,1H3. The first-order valence-electron chi connectivity index (χ1n) is 5.23. The molecule has 0 aromatic rings. The van der Waals surface area contributed by atoms with Crippen molar-refractivity contribution in [2.24, 2.45) is 17.6 Å². The highest BCUT2D eigenvalue weighted by molar-refractivity contribution is 5.17. The van der Waals surface area contributed by atoms with Gasteiger partial charge in [-0.2, -0.15) is 0 Å². The van der Waals surface area contributed by atoms with E-state index in [2.05, 4.69) is 13.0 Å². The predicted molar refractivity (Wildman–Crippen MR) is 51.8 cm³/mol. The SMILES string of the molecule is CC1CC1C(N)C1=CCCCC1. The van der Waals surface area contributed by atoms with E-state index in [-0.39, 0.29) is 0 Å². The molecular weight excluding hydrogens is 146 g/mol. The first kappa shape index (κ1) is 8.31. The summed E-state index contributed by atoms with van der Waals surface area (Å²) in [6, 6.07) is 0.403. The number of hydrogen-bond donors (Lipinski definition) is 1. The van der Waals surface area contributed by atoms with Gasteiger partial charge in [-0.05, 0) is 43.9 Å². The van der Waals surface area contributed by atoms with E-state index in [9.17, 15) is 0 Å². The van der Waals surface area contributed by atoms with E-state index in [0.717, 1.165) is 11.8 Å². The van der Waals surface area contributed by atoms with E-state index in [4.69, 9.17) is 5.73 Å². The minimum absolute atomic E-state index is 0.403. The van der Waals surface area contributed by atoms with Crippen molar-refractivity contribution in [2.45, 2.75) is 45.1 Å². The Hall–Kier alpha value is -0.300. The maximum atomic E-state index is 6.18. The van der Waals surface area contributed by atoms with Gasteiger partial charge in [0.05, 0.1) is 0 Å². The highest BCUT2D eigenvalue weighted by Gasteiger charge is 2.38. The first-order chi connectivity index (χ1) is 5.79. The monoisotopic (exact) mass is 165 g/mol. The van der Waals surface area contributed by atoms with Crippen molar-refractivity contribution in [3.05, 3.63) is 11.6 Å². The highest BCUT2D eigenvalue weighted by atomic mass is 14.7. The molecule has 3 atom stereocenters. The topological polar surface area (TPSA) is 26.0 Å². The Morgan fingerprint density at radius 2 is 2.25 bits per heavy atom. The Balaban J connectivity index is 1.94. The van der Waals surface area contributed by atoms with Crippen LogP contribution in [0, 0.1) is 11.8 Å². The Bertz CT molecular complexity index is 195. The normalized spacial score (nSPS) is 37.3. The second kappa shape index (κ2) is 3.21. The quantitative estimate of drug-likeness (QED) is 0.625. The maximum absolute atomic E-state index is 6.18. The van der Waals surface area contributed by atoms with Crippen LogP contribution in [0.15, 0.2) is 11.6 Å². The van der Waals surface area contributed by atoms with Crippen LogP contribution in [0.25, 0.3) is 0 Å². The molecular formula is C11H19N. The zero-order valence-electron chi connectivity index (χ0n) is 7.92. The smallest absolute Gasteiger partial charge is 0.0284 e. The van der Waals surface area contributed by atoms with Crippen LogP contribution in [0.1, 0.15) is 39.0 Å². The Morgan fingerprint density at radius 3 is 2.75 bits per heavy atom.